The Kier molecular flexibility index (Phi) is 4.87. The summed E-state index contributed by atoms with van der Waals surface area (Å²) in [4.78, 5) is 15.9. The fourth-order valence-corrected chi connectivity index (χ4v) is 2.79. The first-order valence-corrected chi connectivity index (χ1v) is 7.28. The van der Waals surface area contributed by atoms with Crippen molar-refractivity contribution in [1.29, 1.82) is 0 Å². The van der Waals surface area contributed by atoms with Gasteiger partial charge >= 0.3 is 0 Å². The van der Waals surface area contributed by atoms with Crippen LogP contribution in [0.2, 0.25) is 0 Å². The number of aromatic nitrogens is 2. The molecule has 1 amide bonds. The number of thioether (sulfide) groups is 1. The summed E-state index contributed by atoms with van der Waals surface area (Å²) in [5.41, 5.74) is 0. The second kappa shape index (κ2) is 6.64. The summed E-state index contributed by atoms with van der Waals surface area (Å²) in [7, 11) is 1.97. The first kappa shape index (κ1) is 13.2. The van der Waals surface area contributed by atoms with Crippen LogP contribution in [0.15, 0.2) is 29.7 Å². The fourth-order valence-electron chi connectivity index (χ4n) is 2.00. The molecule has 0 bridgehead atoms. The van der Waals surface area contributed by atoms with E-state index in [2.05, 4.69) is 22.5 Å². The van der Waals surface area contributed by atoms with Crippen molar-refractivity contribution in [1.82, 2.24) is 14.9 Å². The molecule has 0 spiro atoms. The van der Waals surface area contributed by atoms with Crippen molar-refractivity contribution >= 4 is 17.7 Å². The molecule has 1 aliphatic rings. The lowest BCUT2D eigenvalue weighted by Crippen LogP contribution is -2.27. The molecule has 0 aliphatic heterocycles. The van der Waals surface area contributed by atoms with E-state index in [-0.39, 0.29) is 5.91 Å². The van der Waals surface area contributed by atoms with E-state index in [1.165, 1.54) is 0 Å². The Morgan fingerprint density at radius 2 is 2.56 bits per heavy atom. The van der Waals surface area contributed by atoms with E-state index >= 15 is 0 Å². The summed E-state index contributed by atoms with van der Waals surface area (Å²) in [6, 6.07) is 0. The molecule has 0 radical (unpaired) electrons. The van der Waals surface area contributed by atoms with E-state index in [1.807, 2.05) is 17.8 Å². The summed E-state index contributed by atoms with van der Waals surface area (Å²) in [6.45, 7) is 0.701. The molecule has 0 fully saturated rings. The maximum Gasteiger partial charge on any atom is 0.220 e. The van der Waals surface area contributed by atoms with Crippen LogP contribution in [0.25, 0.3) is 0 Å². The van der Waals surface area contributed by atoms with Gasteiger partial charge in [0.25, 0.3) is 0 Å². The highest BCUT2D eigenvalue weighted by Gasteiger charge is 2.13. The molecule has 5 heteroatoms. The molecule has 98 valence electrons. The first-order chi connectivity index (χ1) is 8.75. The average molecular weight is 265 g/mol. The van der Waals surface area contributed by atoms with Crippen LogP contribution in [0.5, 0.6) is 0 Å². The molecule has 0 saturated heterocycles. The number of aryl methyl sites for hydroxylation is 1. The largest absolute Gasteiger partial charge is 0.355 e. The molecule has 2 rings (SSSR count). The van der Waals surface area contributed by atoms with Crippen LogP contribution in [-0.4, -0.2) is 27.8 Å². The molecular formula is C13H19N3OS. The van der Waals surface area contributed by atoms with E-state index < -0.39 is 0 Å². The molecule has 1 atom stereocenters. The zero-order chi connectivity index (χ0) is 12.8. The first-order valence-electron chi connectivity index (χ1n) is 6.29. The lowest BCUT2D eigenvalue weighted by Gasteiger charge is -2.08. The van der Waals surface area contributed by atoms with E-state index in [9.17, 15) is 4.79 Å². The van der Waals surface area contributed by atoms with Crippen molar-refractivity contribution in [3.8, 4) is 0 Å². The number of carbonyl (C=O) groups excluding carboxylic acids is 1. The van der Waals surface area contributed by atoms with E-state index in [0.29, 0.717) is 18.9 Å². The smallest absolute Gasteiger partial charge is 0.220 e. The minimum atomic E-state index is 0.159. The summed E-state index contributed by atoms with van der Waals surface area (Å²) in [6.07, 6.45) is 10.9. The Bertz CT molecular complexity index is 428. The zero-order valence-corrected chi connectivity index (χ0v) is 11.4. The van der Waals surface area contributed by atoms with Crippen LogP contribution < -0.4 is 5.32 Å². The highest BCUT2D eigenvalue weighted by molar-refractivity contribution is 7.99. The molecule has 0 saturated carbocycles. The van der Waals surface area contributed by atoms with Crippen LogP contribution in [0.4, 0.5) is 0 Å². The minimum Gasteiger partial charge on any atom is -0.355 e. The Labute approximate surface area is 112 Å². The van der Waals surface area contributed by atoms with Gasteiger partial charge in [0.05, 0.1) is 0 Å². The topological polar surface area (TPSA) is 46.9 Å². The molecule has 1 N–H and O–H groups in total. The van der Waals surface area contributed by atoms with Crippen molar-refractivity contribution in [2.75, 3.05) is 12.3 Å². The molecule has 1 aromatic heterocycles. The summed E-state index contributed by atoms with van der Waals surface area (Å²) >= 11 is 1.66. The van der Waals surface area contributed by atoms with Gasteiger partial charge in [-0.2, -0.15) is 0 Å². The van der Waals surface area contributed by atoms with Crippen LogP contribution in [-0.2, 0) is 11.8 Å². The van der Waals surface area contributed by atoms with Crippen molar-refractivity contribution in [2.45, 2.75) is 24.4 Å². The number of amides is 1. The van der Waals surface area contributed by atoms with Gasteiger partial charge in [0, 0.05) is 38.2 Å². The standard InChI is InChI=1S/C13H19N3OS/c1-16-8-6-15-13(16)18-9-7-14-12(17)10-11-4-2-3-5-11/h2,4,6,8,11H,3,5,7,9-10H2,1H3,(H,14,17). The highest BCUT2D eigenvalue weighted by Crippen LogP contribution is 2.20. The molecule has 1 heterocycles. The molecule has 1 unspecified atom stereocenters. The number of imidazole rings is 1. The van der Waals surface area contributed by atoms with Gasteiger partial charge in [0.1, 0.15) is 0 Å². The van der Waals surface area contributed by atoms with Crippen molar-refractivity contribution in [3.63, 3.8) is 0 Å². The zero-order valence-electron chi connectivity index (χ0n) is 10.6. The molecule has 1 aromatic rings. The maximum absolute atomic E-state index is 11.7. The second-order valence-corrected chi connectivity index (χ2v) is 5.55. The predicted octanol–water partition coefficient (Wildman–Crippen LogP) is 1.98. The van der Waals surface area contributed by atoms with Crippen molar-refractivity contribution in [3.05, 3.63) is 24.5 Å². The van der Waals surface area contributed by atoms with E-state index in [1.54, 1.807) is 18.0 Å². The minimum absolute atomic E-state index is 0.159. The third-order valence-corrected chi connectivity index (χ3v) is 4.05. The molecule has 18 heavy (non-hydrogen) atoms. The van der Waals surface area contributed by atoms with Gasteiger partial charge < -0.3 is 9.88 Å². The second-order valence-electron chi connectivity index (χ2n) is 4.49. The third-order valence-electron chi connectivity index (χ3n) is 2.99. The quantitative estimate of drug-likeness (QED) is 0.486. The Morgan fingerprint density at radius 1 is 1.67 bits per heavy atom. The summed E-state index contributed by atoms with van der Waals surface area (Å²) in [5.74, 6) is 1.47. The van der Waals surface area contributed by atoms with E-state index in [4.69, 9.17) is 0 Å². The number of rotatable bonds is 6. The van der Waals surface area contributed by atoms with Gasteiger partial charge in [-0.1, -0.05) is 23.9 Å². The molecular weight excluding hydrogens is 246 g/mol. The SMILES string of the molecule is Cn1ccnc1SCCNC(=O)CC1C=CCC1. The van der Waals surface area contributed by atoms with Crippen LogP contribution in [0, 0.1) is 5.92 Å². The normalized spacial score (nSPS) is 18.2. The monoisotopic (exact) mass is 265 g/mol. The number of nitrogens with one attached hydrogen (secondary N) is 1. The Hall–Kier alpha value is -1.23. The number of nitrogens with zero attached hydrogens (tertiary/aromatic N) is 2. The van der Waals surface area contributed by atoms with Crippen LogP contribution >= 0.6 is 11.8 Å². The van der Waals surface area contributed by atoms with Gasteiger partial charge in [-0.05, 0) is 18.8 Å². The van der Waals surface area contributed by atoms with Crippen molar-refractivity contribution in [2.24, 2.45) is 13.0 Å². The van der Waals surface area contributed by atoms with Crippen molar-refractivity contribution < 1.29 is 4.79 Å². The van der Waals surface area contributed by atoms with Gasteiger partial charge in [0.2, 0.25) is 5.91 Å². The highest BCUT2D eigenvalue weighted by atomic mass is 32.2. The van der Waals surface area contributed by atoms with Gasteiger partial charge in [0.15, 0.2) is 5.16 Å². The third kappa shape index (κ3) is 3.91. The van der Waals surface area contributed by atoms with Gasteiger partial charge in [-0.15, -0.1) is 0 Å². The number of hydrogen-bond donors (Lipinski definition) is 1. The Balaban J connectivity index is 1.59. The molecule has 1 aliphatic carbocycles. The summed E-state index contributed by atoms with van der Waals surface area (Å²) < 4.78 is 1.98. The summed E-state index contributed by atoms with van der Waals surface area (Å²) in [5, 5.41) is 3.95. The van der Waals surface area contributed by atoms with Crippen LogP contribution in [0.3, 0.4) is 0 Å². The molecule has 4 nitrogen and oxygen atoms in total. The van der Waals surface area contributed by atoms with E-state index in [0.717, 1.165) is 23.8 Å². The fraction of sp³-hybridized carbons (Fsp3) is 0.538. The lowest BCUT2D eigenvalue weighted by atomic mass is 10.1. The Morgan fingerprint density at radius 3 is 3.22 bits per heavy atom. The molecule has 0 aromatic carbocycles. The lowest BCUT2D eigenvalue weighted by molar-refractivity contribution is -0.121. The number of allylic oxidation sites excluding steroid dienone is 2. The predicted molar refractivity (Wildman–Crippen MR) is 73.4 cm³/mol. The van der Waals surface area contributed by atoms with Gasteiger partial charge in [-0.3, -0.25) is 4.79 Å². The van der Waals surface area contributed by atoms with Gasteiger partial charge in [-0.25, -0.2) is 4.98 Å². The average Bonchev–Trinajstić information content (AvgIpc) is 2.97. The number of hydrogen-bond acceptors (Lipinski definition) is 3. The maximum atomic E-state index is 11.7. The number of carbonyl (C=O) groups is 1. The van der Waals surface area contributed by atoms with Crippen LogP contribution in [0.1, 0.15) is 19.3 Å².